The summed E-state index contributed by atoms with van der Waals surface area (Å²) < 4.78 is 10.1. The van der Waals surface area contributed by atoms with Crippen LogP contribution in [-0.2, 0) is 10.3 Å². The van der Waals surface area contributed by atoms with E-state index < -0.39 is 0 Å². The third-order valence-electron chi connectivity index (χ3n) is 3.02. The lowest BCUT2D eigenvalue weighted by atomic mass is 10.0. The van der Waals surface area contributed by atoms with Gasteiger partial charge < -0.3 is 10.1 Å². The third kappa shape index (κ3) is 1.86. The first-order chi connectivity index (χ1) is 7.26. The molecule has 3 rings (SSSR count). The molecule has 5 heteroatoms. The van der Waals surface area contributed by atoms with Crippen molar-refractivity contribution in [2.45, 2.75) is 44.2 Å². The van der Waals surface area contributed by atoms with Crippen molar-refractivity contribution in [1.29, 1.82) is 0 Å². The molecule has 15 heavy (non-hydrogen) atoms. The summed E-state index contributed by atoms with van der Waals surface area (Å²) >= 11 is 1.45. The molecular weight excluding hydrogens is 210 g/mol. The summed E-state index contributed by atoms with van der Waals surface area (Å²) in [5, 5.41) is 4.31. The van der Waals surface area contributed by atoms with E-state index in [9.17, 15) is 0 Å². The smallest absolute Gasteiger partial charge is 0.202 e. The molecule has 1 aliphatic carbocycles. The Kier molecular flexibility index (Phi) is 2.17. The highest BCUT2D eigenvalue weighted by molar-refractivity contribution is 7.09. The molecule has 0 aromatic carbocycles. The number of nitrogens with one attached hydrogen (secondary N) is 1. The summed E-state index contributed by atoms with van der Waals surface area (Å²) in [5.74, 6) is 0.855. The Morgan fingerprint density at radius 1 is 1.53 bits per heavy atom. The second-order valence-corrected chi connectivity index (χ2v) is 5.28. The highest BCUT2D eigenvalue weighted by Gasteiger charge is 2.36. The van der Waals surface area contributed by atoms with Gasteiger partial charge in [-0.2, -0.15) is 4.37 Å². The first-order valence-electron chi connectivity index (χ1n) is 5.51. The van der Waals surface area contributed by atoms with Crippen molar-refractivity contribution in [2.75, 3.05) is 11.9 Å². The van der Waals surface area contributed by atoms with Gasteiger partial charge in [0.1, 0.15) is 5.60 Å². The fourth-order valence-corrected chi connectivity index (χ4v) is 2.61. The Morgan fingerprint density at radius 2 is 2.40 bits per heavy atom. The molecule has 82 valence electrons. The van der Waals surface area contributed by atoms with Crippen LogP contribution in [0.25, 0.3) is 0 Å². The summed E-state index contributed by atoms with van der Waals surface area (Å²) in [6.07, 6.45) is 4.68. The van der Waals surface area contributed by atoms with Crippen LogP contribution in [0.4, 0.5) is 5.13 Å². The second kappa shape index (κ2) is 3.42. The van der Waals surface area contributed by atoms with E-state index in [1.165, 1.54) is 24.4 Å². The van der Waals surface area contributed by atoms with Crippen LogP contribution in [0.3, 0.4) is 0 Å². The molecule has 0 amide bonds. The molecule has 2 aliphatic rings. The van der Waals surface area contributed by atoms with Crippen molar-refractivity contribution < 1.29 is 4.74 Å². The van der Waals surface area contributed by atoms with Crippen LogP contribution in [0, 0.1) is 0 Å². The highest BCUT2D eigenvalue weighted by atomic mass is 32.1. The van der Waals surface area contributed by atoms with Gasteiger partial charge in [0.05, 0.1) is 0 Å². The van der Waals surface area contributed by atoms with Gasteiger partial charge in [-0.1, -0.05) is 0 Å². The van der Waals surface area contributed by atoms with Gasteiger partial charge in [-0.15, -0.1) is 0 Å². The Morgan fingerprint density at radius 3 is 3.07 bits per heavy atom. The number of hydrogen-bond acceptors (Lipinski definition) is 5. The standard InChI is InChI=1S/C10H15N3OS/c1-10(5-2-6-14-10)8-12-9(15-13-8)11-7-3-4-7/h7H,2-6H2,1H3,(H,11,12,13). The first kappa shape index (κ1) is 9.54. The van der Waals surface area contributed by atoms with E-state index in [0.717, 1.165) is 30.4 Å². The molecule has 2 heterocycles. The lowest BCUT2D eigenvalue weighted by Gasteiger charge is -2.18. The highest BCUT2D eigenvalue weighted by Crippen LogP contribution is 2.35. The lowest BCUT2D eigenvalue weighted by molar-refractivity contribution is 0.0104. The topological polar surface area (TPSA) is 47.0 Å². The summed E-state index contributed by atoms with van der Waals surface area (Å²) in [7, 11) is 0. The van der Waals surface area contributed by atoms with Gasteiger partial charge in [-0.05, 0) is 32.6 Å². The van der Waals surface area contributed by atoms with Crippen LogP contribution >= 0.6 is 11.5 Å². The predicted molar refractivity (Wildman–Crippen MR) is 59.1 cm³/mol. The molecule has 1 aromatic rings. The molecule has 1 unspecified atom stereocenters. The van der Waals surface area contributed by atoms with E-state index in [2.05, 4.69) is 21.6 Å². The Balaban J connectivity index is 1.76. The molecule has 1 aromatic heterocycles. The van der Waals surface area contributed by atoms with Crippen molar-refractivity contribution in [3.8, 4) is 0 Å². The number of aromatic nitrogens is 2. The van der Waals surface area contributed by atoms with Crippen LogP contribution in [0.15, 0.2) is 0 Å². The summed E-state index contributed by atoms with van der Waals surface area (Å²) in [4.78, 5) is 4.52. The zero-order valence-electron chi connectivity index (χ0n) is 8.82. The zero-order valence-corrected chi connectivity index (χ0v) is 9.64. The summed E-state index contributed by atoms with van der Waals surface area (Å²) in [6.45, 7) is 2.92. The molecular formula is C10H15N3OS. The van der Waals surface area contributed by atoms with E-state index in [0.29, 0.717) is 6.04 Å². The van der Waals surface area contributed by atoms with Crippen molar-refractivity contribution >= 4 is 16.7 Å². The number of hydrogen-bond donors (Lipinski definition) is 1. The van der Waals surface area contributed by atoms with Crippen molar-refractivity contribution in [1.82, 2.24) is 9.36 Å². The van der Waals surface area contributed by atoms with E-state index in [1.807, 2.05) is 0 Å². The van der Waals surface area contributed by atoms with Crippen LogP contribution in [0.2, 0.25) is 0 Å². The Labute approximate surface area is 93.2 Å². The van der Waals surface area contributed by atoms with Gasteiger partial charge in [-0.3, -0.25) is 0 Å². The fraction of sp³-hybridized carbons (Fsp3) is 0.800. The molecule has 4 nitrogen and oxygen atoms in total. The van der Waals surface area contributed by atoms with E-state index in [1.54, 1.807) is 0 Å². The van der Waals surface area contributed by atoms with Gasteiger partial charge in [0.25, 0.3) is 0 Å². The molecule has 0 radical (unpaired) electrons. The van der Waals surface area contributed by atoms with Crippen LogP contribution < -0.4 is 5.32 Å². The molecule has 1 aliphatic heterocycles. The largest absolute Gasteiger partial charge is 0.367 e. The quantitative estimate of drug-likeness (QED) is 0.856. The summed E-state index contributed by atoms with van der Waals surface area (Å²) in [6, 6.07) is 0.642. The molecule has 1 N–H and O–H groups in total. The Bertz CT molecular complexity index is 355. The van der Waals surface area contributed by atoms with Crippen molar-refractivity contribution in [3.05, 3.63) is 5.82 Å². The third-order valence-corrected chi connectivity index (χ3v) is 3.67. The molecule has 1 atom stereocenters. The van der Waals surface area contributed by atoms with Gasteiger partial charge in [-0.25, -0.2) is 4.98 Å². The normalized spacial score (nSPS) is 30.7. The SMILES string of the molecule is CC1(c2nsc(NC3CC3)n2)CCCO1. The maximum absolute atomic E-state index is 5.71. The molecule has 1 saturated carbocycles. The van der Waals surface area contributed by atoms with E-state index in [4.69, 9.17) is 4.74 Å². The molecule has 0 spiro atoms. The molecule has 2 fully saturated rings. The lowest BCUT2D eigenvalue weighted by Crippen LogP contribution is -2.21. The van der Waals surface area contributed by atoms with Crippen molar-refractivity contribution in [3.63, 3.8) is 0 Å². The van der Waals surface area contributed by atoms with Gasteiger partial charge >= 0.3 is 0 Å². The minimum absolute atomic E-state index is 0.236. The van der Waals surface area contributed by atoms with Gasteiger partial charge in [0.2, 0.25) is 5.13 Å². The average Bonchev–Trinajstić information content (AvgIpc) is 2.73. The monoisotopic (exact) mass is 225 g/mol. The van der Waals surface area contributed by atoms with Crippen molar-refractivity contribution in [2.24, 2.45) is 0 Å². The van der Waals surface area contributed by atoms with Crippen LogP contribution in [-0.4, -0.2) is 22.0 Å². The Hall–Kier alpha value is -0.680. The molecule has 0 bridgehead atoms. The number of anilines is 1. The van der Waals surface area contributed by atoms with E-state index in [-0.39, 0.29) is 5.60 Å². The van der Waals surface area contributed by atoms with Crippen LogP contribution in [0.5, 0.6) is 0 Å². The average molecular weight is 225 g/mol. The van der Waals surface area contributed by atoms with Gasteiger partial charge in [0.15, 0.2) is 5.82 Å². The minimum Gasteiger partial charge on any atom is -0.367 e. The first-order valence-corrected chi connectivity index (χ1v) is 6.28. The van der Waals surface area contributed by atoms with Gasteiger partial charge in [0, 0.05) is 24.2 Å². The number of rotatable bonds is 3. The number of ether oxygens (including phenoxy) is 1. The maximum atomic E-state index is 5.71. The fourth-order valence-electron chi connectivity index (χ4n) is 1.85. The second-order valence-electron chi connectivity index (χ2n) is 4.52. The van der Waals surface area contributed by atoms with Crippen LogP contribution in [0.1, 0.15) is 38.4 Å². The minimum atomic E-state index is -0.236. The van der Waals surface area contributed by atoms with E-state index >= 15 is 0 Å². The number of nitrogens with zero attached hydrogens (tertiary/aromatic N) is 2. The predicted octanol–water partition coefficient (Wildman–Crippen LogP) is 2.14. The summed E-state index contributed by atoms with van der Waals surface area (Å²) in [5.41, 5.74) is -0.236. The maximum Gasteiger partial charge on any atom is 0.202 e. The zero-order chi connectivity index (χ0) is 10.3. The molecule has 1 saturated heterocycles.